The van der Waals surface area contributed by atoms with E-state index >= 15 is 0 Å². The minimum Gasteiger partial charge on any atom is -0.467 e. The Morgan fingerprint density at radius 2 is 2.15 bits per heavy atom. The van der Waals surface area contributed by atoms with Crippen LogP contribution in [0.15, 0.2) is 46.4 Å². The first-order chi connectivity index (χ1) is 9.81. The molecule has 1 N–H and O–H groups in total. The predicted octanol–water partition coefficient (Wildman–Crippen LogP) is 4.89. The third kappa shape index (κ3) is 2.39. The Morgan fingerprint density at radius 3 is 2.90 bits per heavy atom. The van der Waals surface area contributed by atoms with E-state index < -0.39 is 0 Å². The average Bonchev–Trinajstić information content (AvgIpc) is 3.09. The standard InChI is InChI=1S/C17H19NOS/c1-3-9-18-15(16-12(2)7-10-19-16)14-6-4-5-13-8-11-20-17(13)14/h4-8,10-11,15,18H,3,9H2,1-2H3. The van der Waals surface area contributed by atoms with Gasteiger partial charge >= 0.3 is 0 Å². The average molecular weight is 285 g/mol. The minimum absolute atomic E-state index is 0.132. The highest BCUT2D eigenvalue weighted by Crippen LogP contribution is 2.33. The van der Waals surface area contributed by atoms with E-state index in [1.54, 1.807) is 17.6 Å². The van der Waals surface area contributed by atoms with Crippen LogP contribution in [-0.4, -0.2) is 6.54 Å². The lowest BCUT2D eigenvalue weighted by atomic mass is 10.0. The van der Waals surface area contributed by atoms with E-state index in [9.17, 15) is 0 Å². The van der Waals surface area contributed by atoms with Crippen molar-refractivity contribution in [2.75, 3.05) is 6.54 Å². The zero-order chi connectivity index (χ0) is 13.9. The van der Waals surface area contributed by atoms with E-state index in [0.717, 1.165) is 18.7 Å². The van der Waals surface area contributed by atoms with Crippen LogP contribution in [-0.2, 0) is 0 Å². The summed E-state index contributed by atoms with van der Waals surface area (Å²) < 4.78 is 7.09. The maximum Gasteiger partial charge on any atom is 0.128 e. The molecular weight excluding hydrogens is 266 g/mol. The summed E-state index contributed by atoms with van der Waals surface area (Å²) >= 11 is 1.80. The molecule has 0 aliphatic carbocycles. The topological polar surface area (TPSA) is 25.2 Å². The van der Waals surface area contributed by atoms with E-state index in [1.165, 1.54) is 21.2 Å². The van der Waals surface area contributed by atoms with Crippen molar-refractivity contribution in [3.8, 4) is 0 Å². The zero-order valence-electron chi connectivity index (χ0n) is 11.8. The highest BCUT2D eigenvalue weighted by Gasteiger charge is 2.21. The quantitative estimate of drug-likeness (QED) is 0.722. The van der Waals surface area contributed by atoms with Crippen LogP contribution in [0.1, 0.15) is 36.3 Å². The molecule has 3 aromatic rings. The van der Waals surface area contributed by atoms with Crippen LogP contribution in [0.3, 0.4) is 0 Å². The number of rotatable bonds is 5. The predicted molar refractivity (Wildman–Crippen MR) is 85.4 cm³/mol. The van der Waals surface area contributed by atoms with Crippen molar-refractivity contribution in [2.45, 2.75) is 26.3 Å². The highest BCUT2D eigenvalue weighted by molar-refractivity contribution is 7.17. The largest absolute Gasteiger partial charge is 0.467 e. The molecule has 0 amide bonds. The number of hydrogen-bond acceptors (Lipinski definition) is 3. The van der Waals surface area contributed by atoms with Crippen molar-refractivity contribution in [3.63, 3.8) is 0 Å². The number of hydrogen-bond donors (Lipinski definition) is 1. The lowest BCUT2D eigenvalue weighted by Gasteiger charge is -2.18. The fourth-order valence-electron chi connectivity index (χ4n) is 2.56. The van der Waals surface area contributed by atoms with Crippen molar-refractivity contribution < 1.29 is 4.42 Å². The summed E-state index contributed by atoms with van der Waals surface area (Å²) in [6, 6.07) is 10.8. The van der Waals surface area contributed by atoms with Crippen LogP contribution in [0.25, 0.3) is 10.1 Å². The molecule has 0 saturated carbocycles. The van der Waals surface area contributed by atoms with Crippen LogP contribution < -0.4 is 5.32 Å². The molecule has 0 aliphatic rings. The molecule has 0 spiro atoms. The highest BCUT2D eigenvalue weighted by atomic mass is 32.1. The summed E-state index contributed by atoms with van der Waals surface area (Å²) in [6.07, 6.45) is 2.89. The van der Waals surface area contributed by atoms with E-state index in [-0.39, 0.29) is 6.04 Å². The van der Waals surface area contributed by atoms with Crippen molar-refractivity contribution in [2.24, 2.45) is 0 Å². The number of fused-ring (bicyclic) bond motifs is 1. The van der Waals surface area contributed by atoms with Gasteiger partial charge in [0.25, 0.3) is 0 Å². The fraction of sp³-hybridized carbons (Fsp3) is 0.294. The van der Waals surface area contributed by atoms with E-state index in [1.807, 2.05) is 6.07 Å². The molecule has 3 heteroatoms. The molecule has 1 unspecified atom stereocenters. The lowest BCUT2D eigenvalue weighted by molar-refractivity contribution is 0.445. The van der Waals surface area contributed by atoms with Gasteiger partial charge in [0.1, 0.15) is 5.76 Å². The summed E-state index contributed by atoms with van der Waals surface area (Å²) in [4.78, 5) is 0. The molecule has 0 aliphatic heterocycles. The maximum atomic E-state index is 5.75. The number of furan rings is 1. The van der Waals surface area contributed by atoms with Crippen LogP contribution in [0, 0.1) is 6.92 Å². The van der Waals surface area contributed by atoms with Crippen LogP contribution >= 0.6 is 11.3 Å². The van der Waals surface area contributed by atoms with E-state index in [0.29, 0.717) is 0 Å². The summed E-state index contributed by atoms with van der Waals surface area (Å²) in [7, 11) is 0. The third-order valence-electron chi connectivity index (χ3n) is 3.58. The van der Waals surface area contributed by atoms with Gasteiger partial charge in [0, 0.05) is 4.70 Å². The Kier molecular flexibility index (Phi) is 3.90. The van der Waals surface area contributed by atoms with Gasteiger partial charge in [0.2, 0.25) is 0 Å². The van der Waals surface area contributed by atoms with Gasteiger partial charge in [-0.25, -0.2) is 0 Å². The molecule has 2 aromatic heterocycles. The first-order valence-electron chi connectivity index (χ1n) is 7.04. The molecule has 0 saturated heterocycles. The lowest BCUT2D eigenvalue weighted by Crippen LogP contribution is -2.23. The Balaban J connectivity index is 2.09. The second kappa shape index (κ2) is 5.81. The SMILES string of the molecule is CCCNC(c1occc1C)c1cccc2ccsc12. The number of benzene rings is 1. The normalized spacial score (nSPS) is 12.9. The summed E-state index contributed by atoms with van der Waals surface area (Å²) in [5.41, 5.74) is 2.51. The van der Waals surface area contributed by atoms with Crippen LogP contribution in [0.5, 0.6) is 0 Å². The molecule has 0 radical (unpaired) electrons. The first-order valence-corrected chi connectivity index (χ1v) is 7.92. The van der Waals surface area contributed by atoms with E-state index in [4.69, 9.17) is 4.42 Å². The maximum absolute atomic E-state index is 5.75. The Bertz CT molecular complexity index is 698. The molecule has 2 heterocycles. The number of thiophene rings is 1. The molecule has 0 fully saturated rings. The zero-order valence-corrected chi connectivity index (χ0v) is 12.7. The molecule has 104 valence electrons. The van der Waals surface area contributed by atoms with Gasteiger partial charge < -0.3 is 9.73 Å². The Labute approximate surface area is 123 Å². The Hall–Kier alpha value is -1.58. The van der Waals surface area contributed by atoms with Gasteiger partial charge in [0.05, 0.1) is 12.3 Å². The van der Waals surface area contributed by atoms with E-state index in [2.05, 4.69) is 48.8 Å². The minimum atomic E-state index is 0.132. The molecule has 3 rings (SSSR count). The molecule has 2 nitrogen and oxygen atoms in total. The van der Waals surface area contributed by atoms with Gasteiger partial charge in [-0.1, -0.05) is 25.1 Å². The molecule has 20 heavy (non-hydrogen) atoms. The summed E-state index contributed by atoms with van der Waals surface area (Å²) in [5.74, 6) is 1.03. The van der Waals surface area contributed by atoms with Crippen molar-refractivity contribution in [1.82, 2.24) is 5.32 Å². The van der Waals surface area contributed by atoms with Gasteiger partial charge in [-0.15, -0.1) is 11.3 Å². The monoisotopic (exact) mass is 285 g/mol. The van der Waals surface area contributed by atoms with Gasteiger partial charge in [-0.2, -0.15) is 0 Å². The fourth-order valence-corrected chi connectivity index (χ4v) is 3.50. The molecule has 0 bridgehead atoms. The third-order valence-corrected chi connectivity index (χ3v) is 4.56. The van der Waals surface area contributed by atoms with Crippen molar-refractivity contribution in [3.05, 3.63) is 58.9 Å². The van der Waals surface area contributed by atoms with Crippen molar-refractivity contribution >= 4 is 21.4 Å². The van der Waals surface area contributed by atoms with Crippen LogP contribution in [0.4, 0.5) is 0 Å². The molecule has 1 aromatic carbocycles. The molecule has 1 atom stereocenters. The number of aryl methyl sites for hydroxylation is 1. The first kappa shape index (κ1) is 13.4. The summed E-state index contributed by atoms with van der Waals surface area (Å²) in [6.45, 7) is 5.27. The number of nitrogens with one attached hydrogen (secondary N) is 1. The summed E-state index contributed by atoms with van der Waals surface area (Å²) in [5, 5.41) is 7.08. The van der Waals surface area contributed by atoms with Gasteiger partial charge in [-0.05, 0) is 53.9 Å². The van der Waals surface area contributed by atoms with Crippen molar-refractivity contribution in [1.29, 1.82) is 0 Å². The second-order valence-electron chi connectivity index (χ2n) is 5.04. The second-order valence-corrected chi connectivity index (χ2v) is 5.96. The van der Waals surface area contributed by atoms with Crippen LogP contribution in [0.2, 0.25) is 0 Å². The molecular formula is C17H19NOS. The Morgan fingerprint density at radius 1 is 1.25 bits per heavy atom. The van der Waals surface area contributed by atoms with Gasteiger partial charge in [-0.3, -0.25) is 0 Å². The van der Waals surface area contributed by atoms with Gasteiger partial charge in [0.15, 0.2) is 0 Å². The smallest absolute Gasteiger partial charge is 0.128 e.